The van der Waals surface area contributed by atoms with Gasteiger partial charge in [0, 0.05) is 25.7 Å². The maximum absolute atomic E-state index is 13.1. The second-order valence-electron chi connectivity index (χ2n) is 28.7. The first-order valence-electron chi connectivity index (χ1n) is 40.3. The molecular weight excluding hydrogens is 1280 g/mol. The summed E-state index contributed by atoms with van der Waals surface area (Å²) in [6.07, 6.45) is 61.9. The van der Waals surface area contributed by atoms with Crippen molar-refractivity contribution in [2.75, 3.05) is 39.6 Å². The number of aliphatic hydroxyl groups excluding tert-OH is 1. The maximum atomic E-state index is 13.1. The summed E-state index contributed by atoms with van der Waals surface area (Å²) in [7, 11) is -9.93. The number of phosphoric acid groups is 2. The Kier molecular flexibility index (Phi) is 68.5. The molecule has 0 amide bonds. The van der Waals surface area contributed by atoms with Gasteiger partial charge in [0.1, 0.15) is 19.3 Å². The van der Waals surface area contributed by atoms with Gasteiger partial charge in [-0.15, -0.1) is 0 Å². The van der Waals surface area contributed by atoms with Crippen LogP contribution >= 0.6 is 15.6 Å². The van der Waals surface area contributed by atoms with Crippen molar-refractivity contribution in [1.82, 2.24) is 0 Å². The summed E-state index contributed by atoms with van der Waals surface area (Å²) in [4.78, 5) is 72.9. The van der Waals surface area contributed by atoms with Crippen molar-refractivity contribution in [1.29, 1.82) is 0 Å². The molecule has 98 heavy (non-hydrogen) atoms. The molecule has 0 aliphatic heterocycles. The fourth-order valence-corrected chi connectivity index (χ4v) is 13.2. The number of ether oxygens (including phenoxy) is 4. The summed E-state index contributed by atoms with van der Waals surface area (Å²) in [5.41, 5.74) is 0. The molecule has 0 aromatic heterocycles. The van der Waals surface area contributed by atoms with Crippen molar-refractivity contribution in [2.24, 2.45) is 11.8 Å². The normalized spacial score (nSPS) is 14.1. The molecule has 0 rings (SSSR count). The Labute approximate surface area is 599 Å². The predicted molar refractivity (Wildman–Crippen MR) is 400 cm³/mol. The minimum absolute atomic E-state index is 0.101. The zero-order valence-electron chi connectivity index (χ0n) is 63.6. The molecule has 0 bridgehead atoms. The third kappa shape index (κ3) is 71.9. The molecule has 0 fully saturated rings. The Bertz CT molecular complexity index is 1980. The number of hydrogen-bond acceptors (Lipinski definition) is 15. The lowest BCUT2D eigenvalue weighted by atomic mass is 10.0. The number of aliphatic hydroxyl groups is 1. The highest BCUT2D eigenvalue weighted by atomic mass is 31.2. The first-order valence-corrected chi connectivity index (χ1v) is 43.3. The molecule has 0 aliphatic carbocycles. The van der Waals surface area contributed by atoms with E-state index in [-0.39, 0.29) is 25.7 Å². The molecular formula is C79H150O17P2. The van der Waals surface area contributed by atoms with Crippen molar-refractivity contribution in [2.45, 2.75) is 407 Å². The topological polar surface area (TPSA) is 237 Å². The van der Waals surface area contributed by atoms with Crippen molar-refractivity contribution < 1.29 is 80.2 Å². The molecule has 17 nitrogen and oxygen atoms in total. The Morgan fingerprint density at radius 2 is 0.551 bits per heavy atom. The van der Waals surface area contributed by atoms with E-state index in [2.05, 4.69) is 65.8 Å². The lowest BCUT2D eigenvalue weighted by Gasteiger charge is -2.21. The number of hydrogen-bond donors (Lipinski definition) is 3. The minimum atomic E-state index is -4.97. The van der Waals surface area contributed by atoms with Crippen LogP contribution in [0.2, 0.25) is 0 Å². The predicted octanol–water partition coefficient (Wildman–Crippen LogP) is 23.1. The minimum Gasteiger partial charge on any atom is -0.462 e. The Morgan fingerprint density at radius 3 is 0.837 bits per heavy atom. The maximum Gasteiger partial charge on any atom is 0.472 e. The summed E-state index contributed by atoms with van der Waals surface area (Å²) in [5.74, 6) is -0.609. The van der Waals surface area contributed by atoms with Gasteiger partial charge in [-0.2, -0.15) is 0 Å². The molecule has 19 heteroatoms. The van der Waals surface area contributed by atoms with Crippen LogP contribution in [0.1, 0.15) is 388 Å². The molecule has 0 saturated heterocycles. The number of carbonyl (C=O) groups is 4. The number of phosphoric ester groups is 2. The zero-order chi connectivity index (χ0) is 72.1. The number of carbonyl (C=O) groups excluding carboxylic acids is 4. The monoisotopic (exact) mass is 1430 g/mol. The first-order chi connectivity index (χ1) is 47.4. The van der Waals surface area contributed by atoms with Gasteiger partial charge >= 0.3 is 39.5 Å². The molecule has 0 heterocycles. The van der Waals surface area contributed by atoms with Gasteiger partial charge in [0.15, 0.2) is 12.2 Å². The van der Waals surface area contributed by atoms with Gasteiger partial charge in [-0.25, -0.2) is 9.13 Å². The Balaban J connectivity index is 5.24. The van der Waals surface area contributed by atoms with Gasteiger partial charge < -0.3 is 33.8 Å². The van der Waals surface area contributed by atoms with E-state index in [1.54, 1.807) is 0 Å². The van der Waals surface area contributed by atoms with Crippen LogP contribution in [0.25, 0.3) is 0 Å². The van der Waals surface area contributed by atoms with Crippen LogP contribution in [-0.4, -0.2) is 96.7 Å². The average Bonchev–Trinajstić information content (AvgIpc) is 1.10. The van der Waals surface area contributed by atoms with Gasteiger partial charge in [-0.3, -0.25) is 37.3 Å². The van der Waals surface area contributed by atoms with E-state index in [0.717, 1.165) is 115 Å². The smallest absolute Gasteiger partial charge is 0.462 e. The highest BCUT2D eigenvalue weighted by Crippen LogP contribution is 2.45. The van der Waals surface area contributed by atoms with E-state index < -0.39 is 97.5 Å². The van der Waals surface area contributed by atoms with E-state index in [4.69, 9.17) is 37.0 Å². The van der Waals surface area contributed by atoms with E-state index in [1.165, 1.54) is 186 Å². The molecule has 0 aromatic carbocycles. The van der Waals surface area contributed by atoms with E-state index in [1.807, 2.05) is 0 Å². The molecule has 578 valence electrons. The molecule has 5 atom stereocenters. The van der Waals surface area contributed by atoms with Gasteiger partial charge in [0.2, 0.25) is 0 Å². The van der Waals surface area contributed by atoms with Crippen LogP contribution in [-0.2, 0) is 65.4 Å². The highest BCUT2D eigenvalue weighted by molar-refractivity contribution is 7.47. The SMILES string of the molecule is CCCCCC/C=C\C=C/CCCCCCCC(=O)OC[C@H](COP(=O)(O)OC[C@@H](O)COP(=O)(O)OC[C@@H](COC(=O)CCCCCCCCCCCCC)OC(=O)CCCCCCCCCCC(C)C)OC(=O)CCCCCCCCCCCCCCCCCCCCC(C)C. The Hall–Kier alpha value is -2.46. The largest absolute Gasteiger partial charge is 0.472 e. The van der Waals surface area contributed by atoms with Gasteiger partial charge in [0.25, 0.3) is 0 Å². The quantitative estimate of drug-likeness (QED) is 0.0169. The summed E-state index contributed by atoms with van der Waals surface area (Å²) in [6.45, 7) is 9.54. The zero-order valence-corrected chi connectivity index (χ0v) is 65.4. The summed E-state index contributed by atoms with van der Waals surface area (Å²) in [6, 6.07) is 0. The van der Waals surface area contributed by atoms with Crippen LogP contribution in [0, 0.1) is 11.8 Å². The van der Waals surface area contributed by atoms with Crippen LogP contribution in [0.4, 0.5) is 0 Å². The standard InChI is InChI=1S/C79H150O17P2/c1-7-9-11-13-15-17-19-20-25-29-33-37-44-50-56-62-77(82)90-67-74(95-78(83)63-57-51-45-38-34-30-27-24-22-21-23-26-28-32-35-41-47-53-59-71(3)4)69-93-97(85,86)91-65-73(80)66-92-98(87,88)94-70-75(96-79(84)64-58-52-46-40-39-42-48-54-60-72(5)6)68-89-76(81)61-55-49-43-36-31-18-16-14-12-10-8-2/h17,19-20,25,71-75,80H,7-16,18,21-24,26-70H2,1-6H3,(H,85,86)(H,87,88)/b19-17-,25-20-/t73-,74-,75-/m1/s1. The van der Waals surface area contributed by atoms with Gasteiger partial charge in [0.05, 0.1) is 26.4 Å². The molecule has 0 spiro atoms. The van der Waals surface area contributed by atoms with Gasteiger partial charge in [-0.05, 0) is 63.2 Å². The van der Waals surface area contributed by atoms with Crippen LogP contribution in [0.15, 0.2) is 24.3 Å². The Morgan fingerprint density at radius 1 is 0.316 bits per heavy atom. The number of unbranched alkanes of at least 4 members (excludes halogenated alkanes) is 43. The van der Waals surface area contributed by atoms with Crippen LogP contribution in [0.5, 0.6) is 0 Å². The van der Waals surface area contributed by atoms with Crippen LogP contribution in [0.3, 0.4) is 0 Å². The summed E-state index contributed by atoms with van der Waals surface area (Å²) < 4.78 is 68.5. The van der Waals surface area contributed by atoms with Gasteiger partial charge in [-0.1, -0.05) is 336 Å². The van der Waals surface area contributed by atoms with Crippen molar-refractivity contribution >= 4 is 39.5 Å². The average molecular weight is 1430 g/mol. The second-order valence-corrected chi connectivity index (χ2v) is 31.6. The van der Waals surface area contributed by atoms with Crippen molar-refractivity contribution in [3.63, 3.8) is 0 Å². The molecule has 0 saturated carbocycles. The first kappa shape index (κ1) is 95.5. The van der Waals surface area contributed by atoms with Crippen molar-refractivity contribution in [3.05, 3.63) is 24.3 Å². The molecule has 2 unspecified atom stereocenters. The molecule has 3 N–H and O–H groups in total. The number of esters is 4. The lowest BCUT2D eigenvalue weighted by molar-refractivity contribution is -0.161. The second kappa shape index (κ2) is 70.2. The molecule has 0 aliphatic rings. The summed E-state index contributed by atoms with van der Waals surface area (Å²) >= 11 is 0. The van der Waals surface area contributed by atoms with E-state index in [9.17, 15) is 43.2 Å². The molecule has 0 radical (unpaired) electrons. The van der Waals surface area contributed by atoms with E-state index in [0.29, 0.717) is 31.6 Å². The van der Waals surface area contributed by atoms with E-state index >= 15 is 0 Å². The van der Waals surface area contributed by atoms with Crippen LogP contribution < -0.4 is 0 Å². The highest BCUT2D eigenvalue weighted by Gasteiger charge is 2.30. The fraction of sp³-hybridized carbons (Fsp3) is 0.899. The molecule has 0 aromatic rings. The number of allylic oxidation sites excluding steroid dienone is 4. The summed E-state index contributed by atoms with van der Waals surface area (Å²) in [5, 5.41) is 10.6. The number of rotatable bonds is 76. The third-order valence-electron chi connectivity index (χ3n) is 17.8. The van der Waals surface area contributed by atoms with Crippen molar-refractivity contribution in [3.8, 4) is 0 Å². The third-order valence-corrected chi connectivity index (χ3v) is 19.7. The fourth-order valence-electron chi connectivity index (χ4n) is 11.6. The lowest BCUT2D eigenvalue weighted by Crippen LogP contribution is -2.30.